The molecule has 126 valence electrons. The van der Waals surface area contributed by atoms with Crippen molar-refractivity contribution in [3.8, 4) is 0 Å². The van der Waals surface area contributed by atoms with Crippen LogP contribution in [0.15, 0.2) is 24.3 Å². The highest BCUT2D eigenvalue weighted by Crippen LogP contribution is 2.16. The zero-order valence-corrected chi connectivity index (χ0v) is 13.1. The second-order valence-corrected chi connectivity index (χ2v) is 5.29. The highest BCUT2D eigenvalue weighted by molar-refractivity contribution is 5.88. The second-order valence-electron chi connectivity index (χ2n) is 5.29. The Labute approximate surface area is 137 Å². The molecule has 0 saturated carbocycles. The van der Waals surface area contributed by atoms with E-state index in [2.05, 4.69) is 9.72 Å². The average Bonchev–Trinajstić information content (AvgIpc) is 3.14. The Balaban J connectivity index is 1.92. The van der Waals surface area contributed by atoms with E-state index in [1.54, 1.807) is 24.3 Å². The van der Waals surface area contributed by atoms with E-state index in [4.69, 9.17) is 9.47 Å². The van der Waals surface area contributed by atoms with Crippen LogP contribution in [0.4, 0.5) is 0 Å². The van der Waals surface area contributed by atoms with E-state index in [-0.39, 0.29) is 23.5 Å². The summed E-state index contributed by atoms with van der Waals surface area (Å²) in [5.41, 5.74) is 0.369. The van der Waals surface area contributed by atoms with Crippen LogP contribution in [0.3, 0.4) is 0 Å². The molecule has 0 aliphatic carbocycles. The highest BCUT2D eigenvalue weighted by atomic mass is 16.6. The number of hydrogen-bond donors (Lipinski definition) is 0. The van der Waals surface area contributed by atoms with Gasteiger partial charge in [-0.25, -0.2) is 14.6 Å². The monoisotopic (exact) mass is 332 g/mol. The van der Waals surface area contributed by atoms with Gasteiger partial charge in [0.2, 0.25) is 5.52 Å². The number of methoxy groups -OCH3 is 1. The number of fused-ring (bicyclic) bond motifs is 1. The summed E-state index contributed by atoms with van der Waals surface area (Å²) in [4.78, 5) is 28.2. The maximum Gasteiger partial charge on any atom is 0.406 e. The topological polar surface area (TPSA) is 102 Å². The Kier molecular flexibility index (Phi) is 4.57. The van der Waals surface area contributed by atoms with Gasteiger partial charge in [0.15, 0.2) is 11.8 Å². The normalized spacial score (nSPS) is 17.0. The van der Waals surface area contributed by atoms with E-state index < -0.39 is 18.0 Å². The number of carbonyl (C=O) groups excluding carboxylic acids is 2. The Morgan fingerprint density at radius 1 is 1.42 bits per heavy atom. The van der Waals surface area contributed by atoms with E-state index in [0.717, 1.165) is 6.42 Å². The Morgan fingerprint density at radius 3 is 2.92 bits per heavy atom. The van der Waals surface area contributed by atoms with E-state index in [0.29, 0.717) is 23.3 Å². The van der Waals surface area contributed by atoms with Crippen LogP contribution in [0.25, 0.3) is 11.0 Å². The van der Waals surface area contributed by atoms with Crippen molar-refractivity contribution in [2.75, 3.05) is 13.7 Å². The number of para-hydroxylation sites is 2. The van der Waals surface area contributed by atoms with E-state index in [1.165, 1.54) is 7.11 Å². The van der Waals surface area contributed by atoms with E-state index in [9.17, 15) is 14.8 Å². The standard InChI is InChI=1S/C16H16N2O6/c1-22-16(20)14-11(9-24-15(19)13-7-4-8-23-13)17-10-5-2-3-6-12(10)18(14)21/h2-3,5-6,13H,4,7-9H2,1H3/t13-/m0/s1. The van der Waals surface area contributed by atoms with Crippen LogP contribution in [0.1, 0.15) is 29.0 Å². The van der Waals surface area contributed by atoms with Gasteiger partial charge in [-0.3, -0.25) is 0 Å². The lowest BCUT2D eigenvalue weighted by molar-refractivity contribution is -0.581. The van der Waals surface area contributed by atoms with Crippen molar-refractivity contribution in [3.05, 3.63) is 40.9 Å². The minimum absolute atomic E-state index is 0.0434. The Bertz CT molecular complexity index is 785. The van der Waals surface area contributed by atoms with Crippen molar-refractivity contribution >= 4 is 23.0 Å². The summed E-state index contributed by atoms with van der Waals surface area (Å²) in [5.74, 6) is -1.37. The number of rotatable bonds is 4. The van der Waals surface area contributed by atoms with Gasteiger partial charge in [-0.05, 0) is 18.9 Å². The molecule has 1 aromatic carbocycles. The molecule has 1 fully saturated rings. The zero-order chi connectivity index (χ0) is 17.1. The third kappa shape index (κ3) is 3.00. The Hall–Kier alpha value is -2.74. The third-order valence-corrected chi connectivity index (χ3v) is 3.75. The molecule has 1 aromatic heterocycles. The number of nitrogens with zero attached hydrogens (tertiary/aromatic N) is 2. The Morgan fingerprint density at radius 2 is 2.21 bits per heavy atom. The molecule has 3 rings (SSSR count). The van der Waals surface area contributed by atoms with Gasteiger partial charge in [-0.1, -0.05) is 12.1 Å². The fourth-order valence-corrected chi connectivity index (χ4v) is 2.56. The van der Waals surface area contributed by atoms with Gasteiger partial charge >= 0.3 is 17.6 Å². The van der Waals surface area contributed by atoms with Crippen LogP contribution in [0, 0.1) is 5.21 Å². The summed E-state index contributed by atoms with van der Waals surface area (Å²) in [7, 11) is 1.17. The average molecular weight is 332 g/mol. The number of aromatic nitrogens is 2. The van der Waals surface area contributed by atoms with Crippen LogP contribution in [-0.2, 0) is 25.6 Å². The van der Waals surface area contributed by atoms with Gasteiger partial charge in [0.05, 0.1) is 7.11 Å². The zero-order valence-electron chi connectivity index (χ0n) is 13.1. The number of carbonyl (C=O) groups is 2. The molecule has 0 amide bonds. The fourth-order valence-electron chi connectivity index (χ4n) is 2.56. The van der Waals surface area contributed by atoms with Crippen molar-refractivity contribution < 1.29 is 28.5 Å². The second kappa shape index (κ2) is 6.79. The molecule has 0 spiro atoms. The maximum atomic E-state index is 12.5. The molecule has 8 nitrogen and oxygen atoms in total. The largest absolute Gasteiger partial charge is 0.618 e. The smallest absolute Gasteiger partial charge is 0.406 e. The highest BCUT2D eigenvalue weighted by Gasteiger charge is 2.30. The fraction of sp³-hybridized carbons (Fsp3) is 0.375. The summed E-state index contributed by atoms with van der Waals surface area (Å²) in [6.07, 6.45) is 0.781. The summed E-state index contributed by atoms with van der Waals surface area (Å²) in [6, 6.07) is 6.56. The molecule has 0 radical (unpaired) electrons. The predicted octanol–water partition coefficient (Wildman–Crippen LogP) is 0.877. The van der Waals surface area contributed by atoms with Crippen molar-refractivity contribution in [2.45, 2.75) is 25.6 Å². The first-order valence-corrected chi connectivity index (χ1v) is 7.49. The SMILES string of the molecule is COC(=O)c1c(COC(=O)[C@@H]2CCCO2)nc2ccccc2[n+]1[O-]. The minimum atomic E-state index is -0.841. The number of benzene rings is 1. The van der Waals surface area contributed by atoms with Gasteiger partial charge in [-0.15, -0.1) is 0 Å². The third-order valence-electron chi connectivity index (χ3n) is 3.75. The number of esters is 2. The van der Waals surface area contributed by atoms with Crippen LogP contribution in [0.5, 0.6) is 0 Å². The molecule has 1 saturated heterocycles. The van der Waals surface area contributed by atoms with E-state index in [1.807, 2.05) is 0 Å². The molecule has 1 aliphatic heterocycles. The first kappa shape index (κ1) is 16.1. The van der Waals surface area contributed by atoms with Gasteiger partial charge in [0, 0.05) is 12.7 Å². The van der Waals surface area contributed by atoms with Gasteiger partial charge in [0.25, 0.3) is 0 Å². The van der Waals surface area contributed by atoms with Crippen LogP contribution >= 0.6 is 0 Å². The van der Waals surface area contributed by atoms with Crippen LogP contribution < -0.4 is 4.73 Å². The molecule has 2 heterocycles. The summed E-state index contributed by atoms with van der Waals surface area (Å²) < 4.78 is 15.5. The first-order valence-electron chi connectivity index (χ1n) is 7.49. The molecule has 0 N–H and O–H groups in total. The van der Waals surface area contributed by atoms with Gasteiger partial charge < -0.3 is 19.4 Å². The number of hydrogen-bond acceptors (Lipinski definition) is 7. The molecule has 8 heteroatoms. The molecular formula is C16H16N2O6. The molecule has 2 aromatic rings. The van der Waals surface area contributed by atoms with Crippen LogP contribution in [0.2, 0.25) is 0 Å². The van der Waals surface area contributed by atoms with Crippen molar-refractivity contribution in [3.63, 3.8) is 0 Å². The maximum absolute atomic E-state index is 12.5. The predicted molar refractivity (Wildman–Crippen MR) is 80.8 cm³/mol. The summed E-state index contributed by atoms with van der Waals surface area (Å²) >= 11 is 0. The first-order chi connectivity index (χ1) is 11.6. The molecular weight excluding hydrogens is 316 g/mol. The molecule has 0 bridgehead atoms. The molecule has 24 heavy (non-hydrogen) atoms. The molecule has 1 aliphatic rings. The molecule has 1 atom stereocenters. The van der Waals surface area contributed by atoms with E-state index >= 15 is 0 Å². The van der Waals surface area contributed by atoms with Crippen molar-refractivity contribution in [2.24, 2.45) is 0 Å². The van der Waals surface area contributed by atoms with Crippen molar-refractivity contribution in [1.29, 1.82) is 0 Å². The minimum Gasteiger partial charge on any atom is -0.618 e. The quantitative estimate of drug-likeness (QED) is 0.465. The van der Waals surface area contributed by atoms with Gasteiger partial charge in [-0.2, -0.15) is 4.73 Å². The van der Waals surface area contributed by atoms with Crippen molar-refractivity contribution in [1.82, 2.24) is 4.98 Å². The molecule has 0 unspecified atom stereocenters. The van der Waals surface area contributed by atoms with Gasteiger partial charge in [0.1, 0.15) is 12.1 Å². The lowest BCUT2D eigenvalue weighted by Gasteiger charge is -2.12. The number of ether oxygens (including phenoxy) is 3. The van der Waals surface area contributed by atoms with Crippen LogP contribution in [-0.4, -0.2) is 36.7 Å². The summed E-state index contributed by atoms with van der Waals surface area (Å²) in [5, 5.41) is 12.5. The lowest BCUT2D eigenvalue weighted by atomic mass is 10.2. The lowest BCUT2D eigenvalue weighted by Crippen LogP contribution is -2.38. The summed E-state index contributed by atoms with van der Waals surface area (Å²) in [6.45, 7) is 0.207.